The lowest BCUT2D eigenvalue weighted by Gasteiger charge is -2.43. The number of halogens is 1. The van der Waals surface area contributed by atoms with E-state index in [2.05, 4.69) is 52.3 Å². The maximum absolute atomic E-state index is 13.6. The van der Waals surface area contributed by atoms with Crippen LogP contribution in [0.3, 0.4) is 0 Å². The van der Waals surface area contributed by atoms with Crippen molar-refractivity contribution in [2.24, 2.45) is 0 Å². The van der Waals surface area contributed by atoms with Gasteiger partial charge in [-0.05, 0) is 56.2 Å². The van der Waals surface area contributed by atoms with Crippen LogP contribution in [0.4, 0.5) is 4.79 Å². The van der Waals surface area contributed by atoms with Gasteiger partial charge in [-0.1, -0.05) is 52.0 Å². The molecule has 2 aromatic rings. The zero-order valence-corrected chi connectivity index (χ0v) is 20.2. The van der Waals surface area contributed by atoms with Crippen molar-refractivity contribution in [1.29, 1.82) is 0 Å². The van der Waals surface area contributed by atoms with Crippen LogP contribution in [0, 0.1) is 0 Å². The first-order valence-corrected chi connectivity index (χ1v) is 11.6. The predicted molar refractivity (Wildman–Crippen MR) is 123 cm³/mol. The van der Waals surface area contributed by atoms with E-state index in [0.717, 1.165) is 22.2 Å². The van der Waals surface area contributed by atoms with Gasteiger partial charge in [0.15, 0.2) is 5.37 Å². The van der Waals surface area contributed by atoms with Crippen LogP contribution in [0.1, 0.15) is 31.9 Å². The molecule has 2 atom stereocenters. The fraction of sp³-hybridized carbons (Fsp3) is 0.435. The predicted octanol–water partition coefficient (Wildman–Crippen LogP) is 5.89. The second kappa shape index (κ2) is 8.80. The summed E-state index contributed by atoms with van der Waals surface area (Å²) in [5.41, 5.74) is 2.09. The molecule has 0 saturated heterocycles. The molecule has 3 rings (SSSR count). The van der Waals surface area contributed by atoms with Crippen LogP contribution >= 0.6 is 27.7 Å². The van der Waals surface area contributed by atoms with Crippen molar-refractivity contribution < 1.29 is 14.1 Å². The van der Waals surface area contributed by atoms with Crippen molar-refractivity contribution in [1.82, 2.24) is 5.01 Å². The minimum absolute atomic E-state index is 0.0234. The lowest BCUT2D eigenvalue weighted by Crippen LogP contribution is -2.66. The Balaban J connectivity index is 2.06. The number of ether oxygens (including phenoxy) is 1. The van der Waals surface area contributed by atoms with Gasteiger partial charge >= 0.3 is 6.09 Å². The summed E-state index contributed by atoms with van der Waals surface area (Å²) in [6.45, 7) is 6.47. The lowest BCUT2D eigenvalue weighted by molar-refractivity contribution is -0.974. The molecule has 0 spiro atoms. The number of hydrogen-bond donors (Lipinski definition) is 0. The zero-order chi connectivity index (χ0) is 21.2. The Morgan fingerprint density at radius 1 is 1.10 bits per heavy atom. The van der Waals surface area contributed by atoms with Crippen LogP contribution < -0.4 is 0 Å². The Morgan fingerprint density at radius 2 is 1.72 bits per heavy atom. The number of carbonyl (C=O) groups is 1. The van der Waals surface area contributed by atoms with Gasteiger partial charge in [0.25, 0.3) is 0 Å². The van der Waals surface area contributed by atoms with Gasteiger partial charge in [0.1, 0.15) is 12.1 Å². The van der Waals surface area contributed by atoms with E-state index < -0.39 is 5.60 Å². The van der Waals surface area contributed by atoms with Crippen LogP contribution in [0.5, 0.6) is 0 Å². The summed E-state index contributed by atoms with van der Waals surface area (Å²) in [5.74, 6) is 0. The number of rotatable bonds is 3. The molecule has 0 fully saturated rings. The summed E-state index contributed by atoms with van der Waals surface area (Å²) in [6.07, 6.45) is 1.45. The van der Waals surface area contributed by atoms with E-state index in [1.54, 1.807) is 11.8 Å². The monoisotopic (exact) mass is 477 g/mol. The highest BCUT2D eigenvalue weighted by Gasteiger charge is 2.52. The molecule has 0 aromatic heterocycles. The largest absolute Gasteiger partial charge is 0.537 e. The first-order valence-electron chi connectivity index (χ1n) is 9.90. The van der Waals surface area contributed by atoms with Crippen LogP contribution in [-0.2, 0) is 17.6 Å². The molecular formula is C23H30BrN2O2S+. The molecule has 29 heavy (non-hydrogen) atoms. The first-order chi connectivity index (χ1) is 13.6. The molecule has 0 bridgehead atoms. The smallest absolute Gasteiger partial charge is 0.413 e. The molecule has 156 valence electrons. The third-order valence-corrected chi connectivity index (χ3v) is 7.08. The number of thioether (sulfide) groups is 1. The minimum atomic E-state index is -0.537. The molecule has 1 heterocycles. The number of benzene rings is 2. The van der Waals surface area contributed by atoms with Crippen LogP contribution in [0.15, 0.2) is 57.9 Å². The lowest BCUT2D eigenvalue weighted by atomic mass is 10.0. The average Bonchev–Trinajstić information content (AvgIpc) is 2.79. The summed E-state index contributed by atoms with van der Waals surface area (Å²) in [7, 11) is 3.96. The highest BCUT2D eigenvalue weighted by atomic mass is 79.9. The molecular weight excluding hydrogens is 448 g/mol. The number of nitrogens with zero attached hydrogens (tertiary/aromatic N) is 2. The van der Waals surface area contributed by atoms with E-state index in [9.17, 15) is 4.79 Å². The van der Waals surface area contributed by atoms with Crippen molar-refractivity contribution >= 4 is 33.8 Å². The quantitative estimate of drug-likeness (QED) is 0.515. The normalized spacial score (nSPS) is 22.1. The van der Waals surface area contributed by atoms with Gasteiger partial charge in [0.05, 0.1) is 0 Å². The highest BCUT2D eigenvalue weighted by molar-refractivity contribution is 9.10. The second-order valence-electron chi connectivity index (χ2n) is 8.63. The molecule has 0 saturated carbocycles. The third kappa shape index (κ3) is 5.05. The Morgan fingerprint density at radius 3 is 2.31 bits per heavy atom. The summed E-state index contributed by atoms with van der Waals surface area (Å²) in [5, 5.41) is 2.00. The maximum atomic E-state index is 13.6. The summed E-state index contributed by atoms with van der Waals surface area (Å²) in [4.78, 5) is 14.8. The molecule has 1 aliphatic heterocycles. The molecule has 0 radical (unpaired) electrons. The number of quaternary nitrogens is 1. The van der Waals surface area contributed by atoms with Crippen LogP contribution in [0.25, 0.3) is 0 Å². The first kappa shape index (κ1) is 22.3. The fourth-order valence-corrected chi connectivity index (χ4v) is 5.43. The number of hydrogen-bond acceptors (Lipinski definition) is 4. The van der Waals surface area contributed by atoms with Crippen molar-refractivity contribution in [3.8, 4) is 0 Å². The second-order valence-corrected chi connectivity index (χ2v) is 10.8. The van der Waals surface area contributed by atoms with Gasteiger partial charge < -0.3 is 4.74 Å². The van der Waals surface area contributed by atoms with E-state index in [4.69, 9.17) is 4.74 Å². The fourth-order valence-electron chi connectivity index (χ4n) is 3.74. The average molecular weight is 478 g/mol. The number of fused-ring (bicyclic) bond motifs is 1. The number of carbonyl (C=O) groups excluding carboxylic acids is 1. The number of amides is 1. The van der Waals surface area contributed by atoms with Gasteiger partial charge in [-0.2, -0.15) is 4.79 Å². The Labute approximate surface area is 186 Å². The maximum Gasteiger partial charge on any atom is 0.537 e. The van der Waals surface area contributed by atoms with Crippen molar-refractivity contribution in [3.05, 3.63) is 64.1 Å². The van der Waals surface area contributed by atoms with Crippen molar-refractivity contribution in [2.75, 3.05) is 20.6 Å². The molecule has 0 aliphatic carbocycles. The Kier molecular flexibility index (Phi) is 6.78. The van der Waals surface area contributed by atoms with Crippen molar-refractivity contribution in [2.45, 2.75) is 49.5 Å². The summed E-state index contributed by atoms with van der Waals surface area (Å²) < 4.78 is 7.16. The Bertz CT molecular complexity index is 864. The van der Waals surface area contributed by atoms with Crippen LogP contribution in [0.2, 0.25) is 0 Å². The third-order valence-electron chi connectivity index (χ3n) is 5.22. The van der Waals surface area contributed by atoms with Gasteiger partial charge in [0, 0.05) is 36.3 Å². The van der Waals surface area contributed by atoms with Gasteiger partial charge in [0.2, 0.25) is 0 Å². The topological polar surface area (TPSA) is 29.5 Å². The van der Waals surface area contributed by atoms with Crippen molar-refractivity contribution in [3.63, 3.8) is 0 Å². The molecule has 2 aromatic carbocycles. The molecule has 0 N–H and O–H groups in total. The SMILES string of the molecule is CN(C)[N+]1(C(=O)OC(C)(C)C)CCc2ccccc2CC1Sc1ccc(Br)cc1. The van der Waals surface area contributed by atoms with Gasteiger partial charge in [-0.3, -0.25) is 0 Å². The van der Waals surface area contributed by atoms with E-state index in [1.807, 2.05) is 52.0 Å². The molecule has 4 nitrogen and oxygen atoms in total. The molecule has 1 amide bonds. The molecule has 2 unspecified atom stereocenters. The van der Waals surface area contributed by atoms with E-state index in [-0.39, 0.29) is 16.1 Å². The molecule has 1 aliphatic rings. The molecule has 6 heteroatoms. The summed E-state index contributed by atoms with van der Waals surface area (Å²) in [6, 6.07) is 16.8. The summed E-state index contributed by atoms with van der Waals surface area (Å²) >= 11 is 5.26. The van der Waals surface area contributed by atoms with E-state index >= 15 is 0 Å². The van der Waals surface area contributed by atoms with E-state index in [0.29, 0.717) is 6.54 Å². The highest BCUT2D eigenvalue weighted by Crippen LogP contribution is 2.39. The van der Waals surface area contributed by atoms with Crippen LogP contribution in [-0.4, -0.2) is 47.3 Å². The van der Waals surface area contributed by atoms with Gasteiger partial charge in [-0.15, -0.1) is 9.60 Å². The van der Waals surface area contributed by atoms with Gasteiger partial charge in [-0.25, -0.2) is 0 Å². The standard InChI is InChI=1S/C23H30BrN2O2S/c1-23(2,3)28-22(27)26(25(4)5)15-14-17-8-6-7-9-18(17)16-21(26)29-20-12-10-19(24)11-13-20/h6-13,21H,14-16H2,1-5H3/q+1. The van der Waals surface area contributed by atoms with E-state index in [1.165, 1.54) is 11.1 Å². The minimum Gasteiger partial charge on any atom is -0.413 e. The Hall–Kier alpha value is -1.34. The zero-order valence-electron chi connectivity index (χ0n) is 17.8.